The highest BCUT2D eigenvalue weighted by Crippen LogP contribution is 2.59. The van der Waals surface area contributed by atoms with Crippen molar-refractivity contribution in [2.45, 2.75) is 55.4 Å². The van der Waals surface area contributed by atoms with Gasteiger partial charge in [0.2, 0.25) is 23.6 Å². The Morgan fingerprint density at radius 2 is 1.83 bits per heavy atom. The summed E-state index contributed by atoms with van der Waals surface area (Å²) in [6, 6.07) is 10.8. The molecule has 3 aromatic rings. The number of hydrogen-bond donors (Lipinski definition) is 4. The fraction of sp³-hybridized carbons (Fsp3) is 0.412. The van der Waals surface area contributed by atoms with Crippen LogP contribution in [0.15, 0.2) is 48.5 Å². The van der Waals surface area contributed by atoms with Crippen molar-refractivity contribution in [1.29, 1.82) is 5.26 Å². The van der Waals surface area contributed by atoms with Crippen molar-refractivity contribution in [3.8, 4) is 6.07 Å². The van der Waals surface area contributed by atoms with Crippen LogP contribution in [0.3, 0.4) is 0 Å². The maximum atomic E-state index is 14.4. The molecule has 272 valence electrons. The summed E-state index contributed by atoms with van der Waals surface area (Å²) in [5.74, 6) is -3.31. The summed E-state index contributed by atoms with van der Waals surface area (Å²) in [5, 5.41) is 15.8. The van der Waals surface area contributed by atoms with Crippen LogP contribution in [-0.4, -0.2) is 98.3 Å². The van der Waals surface area contributed by atoms with E-state index < -0.39 is 66.0 Å². The van der Waals surface area contributed by atoms with E-state index in [2.05, 4.69) is 16.7 Å². The van der Waals surface area contributed by atoms with Crippen molar-refractivity contribution in [3.05, 3.63) is 64.5 Å². The van der Waals surface area contributed by atoms with Gasteiger partial charge in [-0.1, -0.05) is 24.3 Å². The molecule has 2 aromatic carbocycles. The minimum atomic E-state index is -5.83. The van der Waals surface area contributed by atoms with Crippen molar-refractivity contribution in [1.82, 2.24) is 20.0 Å². The summed E-state index contributed by atoms with van der Waals surface area (Å²) in [5.41, 5.74) is -5.44. The predicted molar refractivity (Wildman–Crippen MR) is 182 cm³/mol. The van der Waals surface area contributed by atoms with E-state index in [1.54, 1.807) is 24.3 Å². The van der Waals surface area contributed by atoms with E-state index in [4.69, 9.17) is 9.79 Å². The molecular formula is C34H33F2N6O8PS. The monoisotopic (exact) mass is 754 g/mol. The van der Waals surface area contributed by atoms with Crippen molar-refractivity contribution in [2.24, 2.45) is 5.92 Å². The minimum Gasteiger partial charge on any atom is -0.340 e. The van der Waals surface area contributed by atoms with E-state index in [9.17, 15) is 42.6 Å². The number of fused-ring (bicyclic) bond motifs is 4. The van der Waals surface area contributed by atoms with Crippen molar-refractivity contribution in [3.63, 3.8) is 0 Å². The molecule has 0 unspecified atom stereocenters. The smallest absolute Gasteiger partial charge is 0.340 e. The summed E-state index contributed by atoms with van der Waals surface area (Å²) in [7, 11) is -5.83. The van der Waals surface area contributed by atoms with Crippen LogP contribution in [0.25, 0.3) is 10.1 Å². The number of carbonyl (C=O) groups excluding carboxylic acids is 5. The molecule has 5 atom stereocenters. The Balaban J connectivity index is 1.15. The van der Waals surface area contributed by atoms with Gasteiger partial charge in [-0.25, -0.2) is 0 Å². The van der Waals surface area contributed by atoms with Gasteiger partial charge in [0.25, 0.3) is 5.91 Å². The topological polar surface area (TPSA) is 200 Å². The normalized spacial score (nSPS) is 26.1. The molecule has 52 heavy (non-hydrogen) atoms. The van der Waals surface area contributed by atoms with Crippen LogP contribution in [0.2, 0.25) is 0 Å². The third-order valence-electron chi connectivity index (χ3n) is 10.6. The molecule has 1 aromatic heterocycles. The fourth-order valence-electron chi connectivity index (χ4n) is 7.97. The van der Waals surface area contributed by atoms with Gasteiger partial charge in [0.05, 0.1) is 16.9 Å². The van der Waals surface area contributed by atoms with Crippen molar-refractivity contribution >= 4 is 64.2 Å². The third kappa shape index (κ3) is 5.65. The van der Waals surface area contributed by atoms with Gasteiger partial charge in [0.15, 0.2) is 0 Å². The molecule has 5 amide bonds. The molecule has 5 heterocycles. The molecule has 3 fully saturated rings. The molecule has 4 aliphatic rings. The maximum absolute atomic E-state index is 14.4. The fourth-order valence-corrected chi connectivity index (χ4v) is 9.39. The van der Waals surface area contributed by atoms with Crippen LogP contribution in [-0.2, 0) is 34.8 Å². The lowest BCUT2D eigenvalue weighted by atomic mass is 9.74. The number of benzene rings is 2. The van der Waals surface area contributed by atoms with E-state index in [1.807, 2.05) is 0 Å². The highest BCUT2D eigenvalue weighted by Gasteiger charge is 2.60. The zero-order chi connectivity index (χ0) is 37.3. The number of nitrogens with one attached hydrogen (secondary N) is 2. The quantitative estimate of drug-likeness (QED) is 0.283. The Labute approximate surface area is 299 Å². The summed E-state index contributed by atoms with van der Waals surface area (Å²) in [6.07, 6.45) is 1.11. The van der Waals surface area contributed by atoms with Gasteiger partial charge in [-0.3, -0.25) is 28.5 Å². The molecule has 0 saturated carbocycles. The third-order valence-corrected chi connectivity index (χ3v) is 12.8. The average Bonchev–Trinajstić information content (AvgIpc) is 3.87. The predicted octanol–water partition coefficient (Wildman–Crippen LogP) is 2.71. The first-order chi connectivity index (χ1) is 24.6. The molecule has 14 nitrogen and oxygen atoms in total. The number of nitrogens with zero attached hydrogens (tertiary/aromatic N) is 4. The number of hydrogen-bond acceptors (Lipinski definition) is 8. The van der Waals surface area contributed by atoms with Crippen LogP contribution >= 0.6 is 18.9 Å². The van der Waals surface area contributed by atoms with Gasteiger partial charge in [0.1, 0.15) is 17.5 Å². The second kappa shape index (κ2) is 12.7. The van der Waals surface area contributed by atoms with Gasteiger partial charge >= 0.3 is 13.3 Å². The average molecular weight is 755 g/mol. The number of thiophene rings is 1. The zero-order valence-electron chi connectivity index (χ0n) is 27.6. The Morgan fingerprint density at radius 3 is 2.54 bits per heavy atom. The Bertz CT molecular complexity index is 2130. The zero-order valence-corrected chi connectivity index (χ0v) is 29.3. The second-order valence-corrected chi connectivity index (χ2v) is 16.3. The van der Waals surface area contributed by atoms with E-state index in [-0.39, 0.29) is 54.7 Å². The molecule has 7 rings (SSSR count). The van der Waals surface area contributed by atoms with Crippen molar-refractivity contribution < 1.29 is 47.1 Å². The highest BCUT2D eigenvalue weighted by atomic mass is 32.1. The summed E-state index contributed by atoms with van der Waals surface area (Å²) < 4.78 is 40.6. The molecule has 3 saturated heterocycles. The summed E-state index contributed by atoms with van der Waals surface area (Å²) in [6.45, 7) is 1.31. The minimum absolute atomic E-state index is 0.0153. The van der Waals surface area contributed by atoms with Gasteiger partial charge in [-0.05, 0) is 54.5 Å². The van der Waals surface area contributed by atoms with Crippen LogP contribution in [0.5, 0.6) is 0 Å². The van der Waals surface area contributed by atoms with Gasteiger partial charge in [-0.15, -0.1) is 11.3 Å². The number of carbonyl (C=O) groups is 5. The highest BCUT2D eigenvalue weighted by molar-refractivity contribution is 7.52. The lowest BCUT2D eigenvalue weighted by Gasteiger charge is -2.39. The van der Waals surface area contributed by atoms with E-state index in [1.165, 1.54) is 33.8 Å². The van der Waals surface area contributed by atoms with E-state index >= 15 is 0 Å². The van der Waals surface area contributed by atoms with Crippen LogP contribution in [0.4, 0.5) is 14.5 Å². The molecule has 1 spiro atoms. The molecule has 0 radical (unpaired) electrons. The standard InChI is InChI=1S/C34H33F2N6O8PS/c1-18(43)40-11-10-22-7-8-26(31(46)41-15-21(14-37)33(17-41)23-4-2-3-5-24(23)39-32(33)47)42(22)30(45)25(16-40)38-29(44)28-13-19-12-20(6-9-27(19)52-28)34(35,36)51(48,49)50/h2-6,9,12-13,21-22,25-26H,7-8,10-11,15-17H2,1H3,(H,38,44)(H,39,47)(H2,48,49,50)/t21-,22+,25-,26-,33+/m0/s1. The van der Waals surface area contributed by atoms with E-state index in [0.717, 1.165) is 23.5 Å². The second-order valence-electron chi connectivity index (χ2n) is 13.6. The molecule has 0 bridgehead atoms. The van der Waals surface area contributed by atoms with Gasteiger partial charge in [-0.2, -0.15) is 14.0 Å². The number of nitriles is 1. The Hall–Kier alpha value is -4.75. The van der Waals surface area contributed by atoms with Gasteiger partial charge in [0, 0.05) is 55.1 Å². The summed E-state index contributed by atoms with van der Waals surface area (Å²) >= 11 is 0.911. The first-order valence-corrected chi connectivity index (χ1v) is 18.9. The molecule has 4 aliphatic heterocycles. The first-order valence-electron chi connectivity index (χ1n) is 16.5. The largest absolute Gasteiger partial charge is 0.399 e. The first kappa shape index (κ1) is 35.6. The van der Waals surface area contributed by atoms with Crippen LogP contribution in [0, 0.1) is 17.2 Å². The van der Waals surface area contributed by atoms with Gasteiger partial charge < -0.3 is 35.1 Å². The molecular weight excluding hydrogens is 721 g/mol. The maximum Gasteiger partial charge on any atom is 0.399 e. The molecule has 18 heteroatoms. The number of amides is 5. The number of alkyl halides is 2. The number of rotatable bonds is 5. The molecule has 4 N–H and O–H groups in total. The van der Waals surface area contributed by atoms with Crippen LogP contribution in [0.1, 0.15) is 47.0 Å². The van der Waals surface area contributed by atoms with E-state index in [0.29, 0.717) is 28.8 Å². The lowest BCUT2D eigenvalue weighted by molar-refractivity contribution is -0.148. The van der Waals surface area contributed by atoms with Crippen molar-refractivity contribution in [2.75, 3.05) is 31.5 Å². The number of halogens is 2. The van der Waals surface area contributed by atoms with Crippen LogP contribution < -0.4 is 10.6 Å². The number of anilines is 1. The number of para-hydroxylation sites is 1. The SMILES string of the molecule is CC(=O)N1CC[C@H]2CC[C@@H](C(=O)N3C[C@H](C#N)[C@@]4(C3)C(=O)Nc3ccccc34)N2C(=O)[C@@H](NC(=O)c2cc3cc(C(F)(F)P(=O)(O)O)ccc3s2)C1. The Kier molecular flexibility index (Phi) is 8.73. The lowest BCUT2D eigenvalue weighted by Crippen LogP contribution is -2.61. The number of likely N-dealkylation sites (tertiary alicyclic amines) is 1. The summed E-state index contributed by atoms with van der Waals surface area (Å²) in [4.78, 5) is 90.9. The molecule has 0 aliphatic carbocycles. The Morgan fingerprint density at radius 1 is 1.08 bits per heavy atom.